The van der Waals surface area contributed by atoms with Crippen LogP contribution in [0.25, 0.3) is 11.1 Å². The zero-order valence-corrected chi connectivity index (χ0v) is 33.3. The van der Waals surface area contributed by atoms with Gasteiger partial charge in [-0.1, -0.05) is 48.5 Å². The number of likely N-dealkylation sites (N-methyl/N-ethyl adjacent to an activating group) is 1. The maximum atomic E-state index is 12.6. The Morgan fingerprint density at radius 3 is 1.09 bits per heavy atom. The second kappa shape index (κ2) is 32.6. The van der Waals surface area contributed by atoms with Gasteiger partial charge in [-0.05, 0) is 22.3 Å². The lowest BCUT2D eigenvalue weighted by atomic mass is 9.98. The normalized spacial score (nSPS) is 12.3. The van der Waals surface area contributed by atoms with Crippen molar-refractivity contribution < 1.29 is 61.6 Å². The van der Waals surface area contributed by atoms with E-state index < -0.39 is 0 Å². The summed E-state index contributed by atoms with van der Waals surface area (Å²) in [4.78, 5) is 14.1. The number of amides is 1. The van der Waals surface area contributed by atoms with Gasteiger partial charge in [0.2, 0.25) is 0 Å². The van der Waals surface area contributed by atoms with Crippen molar-refractivity contribution in [2.24, 2.45) is 0 Å². The molecule has 0 bridgehead atoms. The summed E-state index contributed by atoms with van der Waals surface area (Å²) in [5.41, 5.74) is 4.79. The highest BCUT2D eigenvalue weighted by Crippen LogP contribution is 2.44. The van der Waals surface area contributed by atoms with Crippen LogP contribution in [-0.2, 0) is 56.8 Å². The molecule has 1 amide bonds. The number of halogens is 1. The lowest BCUT2D eigenvalue weighted by Crippen LogP contribution is -2.32. The molecule has 0 atom stereocenters. The lowest BCUT2D eigenvalue weighted by Gasteiger charge is -2.19. The SMILES string of the molecule is CN(CCOCCOCCOCCOCCOCCOCCOCCOCCOCCOCCOCCCl)C(=O)OCC1c2ccccc2-c2ccccc21. The highest BCUT2D eigenvalue weighted by Gasteiger charge is 2.29. The molecule has 2 aromatic rings. The molecule has 0 fully saturated rings. The maximum Gasteiger partial charge on any atom is 0.409 e. The van der Waals surface area contributed by atoms with Crippen LogP contribution >= 0.6 is 11.6 Å². The van der Waals surface area contributed by atoms with E-state index in [2.05, 4.69) is 24.3 Å². The van der Waals surface area contributed by atoms with E-state index in [0.29, 0.717) is 164 Å². The first kappa shape index (κ1) is 46.9. The van der Waals surface area contributed by atoms with Crippen molar-refractivity contribution in [3.63, 3.8) is 0 Å². The van der Waals surface area contributed by atoms with E-state index >= 15 is 0 Å². The highest BCUT2D eigenvalue weighted by atomic mass is 35.5. The van der Waals surface area contributed by atoms with Gasteiger partial charge in [0.05, 0.1) is 145 Å². The van der Waals surface area contributed by atoms with E-state index in [-0.39, 0.29) is 12.0 Å². The van der Waals surface area contributed by atoms with Crippen molar-refractivity contribution >= 4 is 17.7 Å². The van der Waals surface area contributed by atoms with Gasteiger partial charge in [0.25, 0.3) is 0 Å². The fourth-order valence-corrected chi connectivity index (χ4v) is 5.46. The summed E-state index contributed by atoms with van der Waals surface area (Å²) < 4.78 is 65.8. The summed E-state index contributed by atoms with van der Waals surface area (Å²) in [6, 6.07) is 16.6. The quantitative estimate of drug-likeness (QED) is 0.0713. The summed E-state index contributed by atoms with van der Waals surface area (Å²) >= 11 is 5.52. The van der Waals surface area contributed by atoms with Crippen LogP contribution in [0.1, 0.15) is 17.0 Å². The van der Waals surface area contributed by atoms with E-state index in [1.54, 1.807) is 7.05 Å². The van der Waals surface area contributed by atoms with E-state index in [4.69, 9.17) is 68.4 Å². The Morgan fingerprint density at radius 2 is 0.764 bits per heavy atom. The standard InChI is InChI=1S/C40H62ClNO13/c1-42(40(43)55-34-39-37-8-4-2-6-35(37)36-7-3-5-9-38(36)39)11-13-45-15-17-47-19-21-49-23-25-51-27-29-53-31-33-54-32-30-52-28-26-50-24-22-48-20-18-46-16-14-44-12-10-41/h2-9,39H,10-34H2,1H3. The molecular weight excluding hydrogens is 738 g/mol. The van der Waals surface area contributed by atoms with Crippen molar-refractivity contribution in [1.82, 2.24) is 4.90 Å². The van der Waals surface area contributed by atoms with Crippen LogP contribution in [-0.4, -0.2) is 182 Å². The summed E-state index contributed by atoms with van der Waals surface area (Å²) in [7, 11) is 1.71. The Morgan fingerprint density at radius 1 is 0.473 bits per heavy atom. The van der Waals surface area contributed by atoms with Crippen molar-refractivity contribution in [3.05, 3.63) is 59.7 Å². The van der Waals surface area contributed by atoms with Crippen LogP contribution < -0.4 is 0 Å². The highest BCUT2D eigenvalue weighted by molar-refractivity contribution is 6.17. The Hall–Kier alpha value is -2.44. The molecule has 55 heavy (non-hydrogen) atoms. The van der Waals surface area contributed by atoms with E-state index in [1.165, 1.54) is 27.2 Å². The predicted octanol–water partition coefficient (Wildman–Crippen LogP) is 4.29. The minimum atomic E-state index is -0.365. The fourth-order valence-electron chi connectivity index (χ4n) is 5.35. The van der Waals surface area contributed by atoms with Crippen LogP contribution in [0, 0.1) is 0 Å². The van der Waals surface area contributed by atoms with Crippen molar-refractivity contribution in [1.29, 1.82) is 0 Å². The van der Waals surface area contributed by atoms with Gasteiger partial charge in [0, 0.05) is 25.4 Å². The largest absolute Gasteiger partial charge is 0.448 e. The first-order valence-corrected chi connectivity index (χ1v) is 19.7. The van der Waals surface area contributed by atoms with Crippen LogP contribution in [0.3, 0.4) is 0 Å². The minimum absolute atomic E-state index is 0.0376. The summed E-state index contributed by atoms with van der Waals surface area (Å²) in [6.45, 7) is 11.5. The smallest absolute Gasteiger partial charge is 0.409 e. The molecule has 2 aromatic carbocycles. The predicted molar refractivity (Wildman–Crippen MR) is 207 cm³/mol. The van der Waals surface area contributed by atoms with Gasteiger partial charge in [-0.25, -0.2) is 4.79 Å². The second-order valence-electron chi connectivity index (χ2n) is 12.2. The number of fused-ring (bicyclic) bond motifs is 3. The van der Waals surface area contributed by atoms with E-state index in [1.807, 2.05) is 24.3 Å². The third-order valence-corrected chi connectivity index (χ3v) is 8.31. The zero-order valence-electron chi connectivity index (χ0n) is 32.5. The summed E-state index contributed by atoms with van der Waals surface area (Å²) in [5, 5.41) is 0. The van der Waals surface area contributed by atoms with E-state index in [9.17, 15) is 4.79 Å². The molecule has 1 aliphatic rings. The monoisotopic (exact) mass is 799 g/mol. The number of nitrogens with zero attached hydrogens (tertiary/aromatic N) is 1. The molecule has 0 saturated heterocycles. The Bertz CT molecular complexity index is 1180. The third kappa shape index (κ3) is 21.6. The van der Waals surface area contributed by atoms with Gasteiger partial charge < -0.3 is 61.7 Å². The molecule has 14 nitrogen and oxygen atoms in total. The molecule has 15 heteroatoms. The molecule has 0 unspecified atom stereocenters. The molecule has 0 aromatic heterocycles. The van der Waals surface area contributed by atoms with Gasteiger partial charge >= 0.3 is 6.09 Å². The third-order valence-electron chi connectivity index (χ3n) is 8.16. The molecular formula is C40H62ClNO13. The number of benzene rings is 2. The summed E-state index contributed by atoms with van der Waals surface area (Å²) in [6.07, 6.45) is -0.365. The number of hydrogen-bond acceptors (Lipinski definition) is 13. The molecule has 1 aliphatic carbocycles. The molecule has 312 valence electrons. The number of carbonyl (C=O) groups is 1. The number of hydrogen-bond donors (Lipinski definition) is 0. The van der Waals surface area contributed by atoms with Gasteiger partial charge in [-0.15, -0.1) is 11.6 Å². The van der Waals surface area contributed by atoms with E-state index in [0.717, 1.165) is 0 Å². The van der Waals surface area contributed by atoms with Crippen LogP contribution in [0.4, 0.5) is 4.79 Å². The molecule has 3 rings (SSSR count). The molecule has 0 N–H and O–H groups in total. The minimum Gasteiger partial charge on any atom is -0.448 e. The Balaban J connectivity index is 0.967. The number of ether oxygens (including phenoxy) is 12. The summed E-state index contributed by atoms with van der Waals surface area (Å²) in [5.74, 6) is 0.530. The first-order valence-electron chi connectivity index (χ1n) is 19.2. The molecule has 0 radical (unpaired) electrons. The Kier molecular flexibility index (Phi) is 27.8. The average Bonchev–Trinajstić information content (AvgIpc) is 3.53. The van der Waals surface area contributed by atoms with Gasteiger partial charge in [-0.2, -0.15) is 0 Å². The van der Waals surface area contributed by atoms with Crippen LogP contribution in [0.15, 0.2) is 48.5 Å². The first-order chi connectivity index (χ1) is 27.2. The molecule has 0 aliphatic heterocycles. The second-order valence-corrected chi connectivity index (χ2v) is 12.5. The van der Waals surface area contributed by atoms with Crippen LogP contribution in [0.5, 0.6) is 0 Å². The van der Waals surface area contributed by atoms with Crippen molar-refractivity contribution in [2.75, 3.05) is 171 Å². The molecule has 0 spiro atoms. The fraction of sp³-hybridized carbons (Fsp3) is 0.675. The van der Waals surface area contributed by atoms with Crippen LogP contribution in [0.2, 0.25) is 0 Å². The number of alkyl halides is 1. The molecule has 0 heterocycles. The number of rotatable bonds is 37. The van der Waals surface area contributed by atoms with Gasteiger partial charge in [0.15, 0.2) is 0 Å². The Labute approximate surface area is 331 Å². The maximum absolute atomic E-state index is 12.6. The lowest BCUT2D eigenvalue weighted by molar-refractivity contribution is -0.0275. The van der Waals surface area contributed by atoms with Crippen molar-refractivity contribution in [2.45, 2.75) is 5.92 Å². The molecule has 0 saturated carbocycles. The van der Waals surface area contributed by atoms with Crippen molar-refractivity contribution in [3.8, 4) is 11.1 Å². The van der Waals surface area contributed by atoms with Gasteiger partial charge in [0.1, 0.15) is 6.61 Å². The average molecular weight is 800 g/mol. The zero-order chi connectivity index (χ0) is 38.9. The number of carbonyl (C=O) groups excluding carboxylic acids is 1. The van der Waals surface area contributed by atoms with Gasteiger partial charge in [-0.3, -0.25) is 0 Å². The topological polar surface area (TPSA) is 131 Å².